The Labute approximate surface area is 140 Å². The summed E-state index contributed by atoms with van der Waals surface area (Å²) in [6, 6.07) is 11.0. The van der Waals surface area contributed by atoms with Gasteiger partial charge in [0.2, 0.25) is 10.0 Å². The van der Waals surface area contributed by atoms with E-state index in [1.807, 2.05) is 0 Å². The van der Waals surface area contributed by atoms with Gasteiger partial charge in [-0.15, -0.1) is 0 Å². The van der Waals surface area contributed by atoms with Crippen molar-refractivity contribution in [1.82, 2.24) is 4.72 Å². The molecule has 2 aromatic rings. The maximum atomic E-state index is 12.5. The van der Waals surface area contributed by atoms with Gasteiger partial charge < -0.3 is 4.74 Å². The highest BCUT2D eigenvalue weighted by Gasteiger charge is 2.22. The zero-order valence-electron chi connectivity index (χ0n) is 12.0. The highest BCUT2D eigenvalue weighted by Crippen LogP contribution is 2.28. The lowest BCUT2D eigenvalue weighted by atomic mass is 10.1. The van der Waals surface area contributed by atoms with Crippen molar-refractivity contribution in [2.45, 2.75) is 17.9 Å². The van der Waals surface area contributed by atoms with Crippen molar-refractivity contribution >= 4 is 33.2 Å². The van der Waals surface area contributed by atoms with Crippen LogP contribution in [0.2, 0.25) is 10.0 Å². The van der Waals surface area contributed by atoms with E-state index in [0.29, 0.717) is 10.0 Å². The summed E-state index contributed by atoms with van der Waals surface area (Å²) in [4.78, 5) is 0.00307. The average Bonchev–Trinajstić information content (AvgIpc) is 2.47. The summed E-state index contributed by atoms with van der Waals surface area (Å²) in [5.74, 6) is 0.236. The van der Waals surface area contributed by atoms with Gasteiger partial charge in [-0.05, 0) is 42.8 Å². The van der Waals surface area contributed by atoms with Crippen LogP contribution < -0.4 is 9.46 Å². The van der Waals surface area contributed by atoms with Gasteiger partial charge in [0.15, 0.2) is 0 Å². The number of methoxy groups -OCH3 is 1. The first-order valence-corrected chi connectivity index (χ1v) is 8.69. The number of nitrogens with one attached hydrogen (secondary N) is 1. The highest BCUT2D eigenvalue weighted by molar-refractivity contribution is 7.89. The van der Waals surface area contributed by atoms with Gasteiger partial charge in [0.1, 0.15) is 10.6 Å². The molecule has 0 bridgehead atoms. The summed E-state index contributed by atoms with van der Waals surface area (Å²) in [5.41, 5.74) is 0.800. The Morgan fingerprint density at radius 2 is 1.64 bits per heavy atom. The molecule has 0 radical (unpaired) electrons. The van der Waals surface area contributed by atoms with E-state index in [1.54, 1.807) is 37.3 Å². The molecule has 0 aliphatic carbocycles. The van der Waals surface area contributed by atoms with Crippen LogP contribution in [0.5, 0.6) is 5.75 Å². The number of hydrogen-bond acceptors (Lipinski definition) is 3. The third-order valence-corrected chi connectivity index (χ3v) is 5.17. The minimum Gasteiger partial charge on any atom is -0.495 e. The fraction of sp³-hybridized carbons (Fsp3) is 0.200. The molecule has 0 amide bonds. The number of halogens is 2. The van der Waals surface area contributed by atoms with Crippen molar-refractivity contribution in [1.29, 1.82) is 0 Å². The molecule has 1 N–H and O–H groups in total. The van der Waals surface area contributed by atoms with Crippen molar-refractivity contribution in [3.63, 3.8) is 0 Å². The zero-order valence-corrected chi connectivity index (χ0v) is 14.3. The van der Waals surface area contributed by atoms with Gasteiger partial charge in [0.25, 0.3) is 0 Å². The molecular formula is C15H15Cl2NO3S. The molecule has 2 aromatic carbocycles. The fourth-order valence-electron chi connectivity index (χ4n) is 1.98. The smallest absolute Gasteiger partial charge is 0.244 e. The monoisotopic (exact) mass is 359 g/mol. The van der Waals surface area contributed by atoms with Crippen LogP contribution in [0.3, 0.4) is 0 Å². The van der Waals surface area contributed by atoms with Crippen LogP contribution in [-0.4, -0.2) is 15.5 Å². The van der Waals surface area contributed by atoms with Crippen LogP contribution in [0.25, 0.3) is 0 Å². The van der Waals surface area contributed by atoms with Crippen LogP contribution in [0.15, 0.2) is 47.4 Å². The Hall–Kier alpha value is -1.27. The van der Waals surface area contributed by atoms with Gasteiger partial charge in [0.05, 0.1) is 7.11 Å². The molecule has 0 unspecified atom stereocenters. The Morgan fingerprint density at radius 3 is 2.23 bits per heavy atom. The Morgan fingerprint density at radius 1 is 1.05 bits per heavy atom. The SMILES string of the molecule is COc1ccc(Cl)cc1S(=O)(=O)N[C@H](C)c1ccc(Cl)cc1. The van der Waals surface area contributed by atoms with E-state index in [9.17, 15) is 8.42 Å². The molecule has 0 aromatic heterocycles. The van der Waals surface area contributed by atoms with Crippen molar-refractivity contribution in [2.75, 3.05) is 7.11 Å². The summed E-state index contributed by atoms with van der Waals surface area (Å²) in [6.45, 7) is 1.75. The molecule has 0 aliphatic heterocycles. The largest absolute Gasteiger partial charge is 0.495 e. The highest BCUT2D eigenvalue weighted by atomic mass is 35.5. The van der Waals surface area contributed by atoms with Crippen LogP contribution in [0.1, 0.15) is 18.5 Å². The molecule has 2 rings (SSSR count). The number of ether oxygens (including phenoxy) is 1. The number of rotatable bonds is 5. The van der Waals surface area contributed by atoms with Gasteiger partial charge in [-0.3, -0.25) is 0 Å². The predicted octanol–water partition coefficient (Wildman–Crippen LogP) is 4.04. The summed E-state index contributed by atoms with van der Waals surface area (Å²) in [6.07, 6.45) is 0. The third kappa shape index (κ3) is 3.93. The maximum absolute atomic E-state index is 12.5. The lowest BCUT2D eigenvalue weighted by Gasteiger charge is -2.16. The van der Waals surface area contributed by atoms with E-state index in [-0.39, 0.29) is 10.6 Å². The standard InChI is InChI=1S/C15H15Cl2NO3S/c1-10(11-3-5-12(16)6-4-11)18-22(19,20)15-9-13(17)7-8-14(15)21-2/h3-10,18H,1-2H3/t10-/m1/s1. The Balaban J connectivity index is 2.31. The Kier molecular flexibility index (Phi) is 5.34. The normalized spacial score (nSPS) is 12.9. The van der Waals surface area contributed by atoms with Gasteiger partial charge in [-0.1, -0.05) is 35.3 Å². The summed E-state index contributed by atoms with van der Waals surface area (Å²) in [7, 11) is -2.37. The molecule has 0 saturated carbocycles. The molecule has 118 valence electrons. The second-order valence-electron chi connectivity index (χ2n) is 4.69. The first-order valence-electron chi connectivity index (χ1n) is 6.45. The minimum absolute atomic E-state index is 0.00307. The lowest BCUT2D eigenvalue weighted by Crippen LogP contribution is -2.27. The number of hydrogen-bond donors (Lipinski definition) is 1. The number of sulfonamides is 1. The first kappa shape index (κ1) is 17.1. The summed E-state index contributed by atoms with van der Waals surface area (Å²) < 4.78 is 32.8. The zero-order chi connectivity index (χ0) is 16.3. The maximum Gasteiger partial charge on any atom is 0.244 e. The quantitative estimate of drug-likeness (QED) is 0.876. The molecule has 0 spiro atoms. The molecule has 0 saturated heterocycles. The van der Waals surface area contributed by atoms with Crippen molar-refractivity contribution in [2.24, 2.45) is 0 Å². The van der Waals surface area contributed by atoms with Crippen LogP contribution in [0, 0.1) is 0 Å². The van der Waals surface area contributed by atoms with Gasteiger partial charge in [-0.2, -0.15) is 0 Å². The molecule has 4 nitrogen and oxygen atoms in total. The van der Waals surface area contributed by atoms with E-state index in [4.69, 9.17) is 27.9 Å². The van der Waals surface area contributed by atoms with Gasteiger partial charge in [-0.25, -0.2) is 13.1 Å². The summed E-state index contributed by atoms with van der Waals surface area (Å²) in [5, 5.41) is 0.913. The molecule has 1 atom stereocenters. The second-order valence-corrected chi connectivity index (χ2v) is 7.24. The van der Waals surface area contributed by atoms with Crippen LogP contribution >= 0.6 is 23.2 Å². The topological polar surface area (TPSA) is 55.4 Å². The number of benzene rings is 2. The molecule has 0 aliphatic rings. The average molecular weight is 360 g/mol. The van der Waals surface area contributed by atoms with E-state index >= 15 is 0 Å². The molecule has 0 fully saturated rings. The predicted molar refractivity (Wildman–Crippen MR) is 88.2 cm³/mol. The van der Waals surface area contributed by atoms with E-state index < -0.39 is 16.1 Å². The van der Waals surface area contributed by atoms with Crippen molar-refractivity contribution in [3.05, 3.63) is 58.1 Å². The molecular weight excluding hydrogens is 345 g/mol. The third-order valence-electron chi connectivity index (χ3n) is 3.12. The molecule has 7 heteroatoms. The first-order chi connectivity index (χ1) is 10.3. The Bertz CT molecular complexity index is 761. The van der Waals surface area contributed by atoms with E-state index in [0.717, 1.165) is 5.56 Å². The lowest BCUT2D eigenvalue weighted by molar-refractivity contribution is 0.402. The summed E-state index contributed by atoms with van der Waals surface area (Å²) >= 11 is 11.7. The molecule has 0 heterocycles. The minimum atomic E-state index is -3.78. The fourth-order valence-corrected chi connectivity index (χ4v) is 3.77. The van der Waals surface area contributed by atoms with Gasteiger partial charge >= 0.3 is 0 Å². The second kappa shape index (κ2) is 6.87. The van der Waals surface area contributed by atoms with Crippen LogP contribution in [-0.2, 0) is 10.0 Å². The van der Waals surface area contributed by atoms with E-state index in [2.05, 4.69) is 4.72 Å². The van der Waals surface area contributed by atoms with Crippen LogP contribution in [0.4, 0.5) is 0 Å². The molecule has 22 heavy (non-hydrogen) atoms. The van der Waals surface area contributed by atoms with Crippen molar-refractivity contribution in [3.8, 4) is 5.75 Å². The van der Waals surface area contributed by atoms with E-state index in [1.165, 1.54) is 19.2 Å². The van der Waals surface area contributed by atoms with Crippen molar-refractivity contribution < 1.29 is 13.2 Å². The van der Waals surface area contributed by atoms with Gasteiger partial charge in [0, 0.05) is 16.1 Å².